The zero-order valence-electron chi connectivity index (χ0n) is 25.4. The lowest BCUT2D eigenvalue weighted by atomic mass is 10.1. The number of aliphatic hydroxyl groups is 1. The molecule has 0 unspecified atom stereocenters. The molecular formula is C31H48N6O2. The number of hydrogen-bond acceptors (Lipinski definition) is 7. The van der Waals surface area contributed by atoms with Gasteiger partial charge in [0.2, 0.25) is 11.6 Å². The van der Waals surface area contributed by atoms with Crippen molar-refractivity contribution in [2.75, 3.05) is 13.2 Å². The van der Waals surface area contributed by atoms with Gasteiger partial charge < -0.3 is 14.9 Å². The molecule has 0 radical (unpaired) electrons. The Morgan fingerprint density at radius 2 is 1.67 bits per heavy atom. The van der Waals surface area contributed by atoms with Crippen molar-refractivity contribution in [1.82, 2.24) is 30.2 Å². The minimum atomic E-state index is 0.158. The van der Waals surface area contributed by atoms with E-state index in [2.05, 4.69) is 38.7 Å². The van der Waals surface area contributed by atoms with Crippen molar-refractivity contribution < 1.29 is 9.63 Å². The van der Waals surface area contributed by atoms with E-state index in [1.54, 1.807) is 10.8 Å². The van der Waals surface area contributed by atoms with Crippen LogP contribution in [0.15, 0.2) is 65.7 Å². The summed E-state index contributed by atoms with van der Waals surface area (Å²) in [4.78, 5) is 8.93. The van der Waals surface area contributed by atoms with Gasteiger partial charge in [-0.05, 0) is 38.3 Å². The Hall–Kier alpha value is -3.78. The SMILES string of the molecule is C=C/C(=C\C=C(C)C)c1noc(-c2nc(C)n(Cc3ccc(C(=C)NCCCO)cc3)n2)n1.CC.CC.CC. The highest BCUT2D eigenvalue weighted by Crippen LogP contribution is 2.19. The van der Waals surface area contributed by atoms with Crippen molar-refractivity contribution in [1.29, 1.82) is 0 Å². The summed E-state index contributed by atoms with van der Waals surface area (Å²) in [5.74, 6) is 1.83. The van der Waals surface area contributed by atoms with E-state index in [0.717, 1.165) is 33.8 Å². The lowest BCUT2D eigenvalue weighted by molar-refractivity contribution is 0.289. The van der Waals surface area contributed by atoms with Crippen LogP contribution in [0.2, 0.25) is 0 Å². The fourth-order valence-corrected chi connectivity index (χ4v) is 2.99. The van der Waals surface area contributed by atoms with Crippen LogP contribution in [0.1, 0.15) is 84.6 Å². The van der Waals surface area contributed by atoms with Gasteiger partial charge in [-0.15, -0.1) is 5.10 Å². The minimum Gasteiger partial charge on any atom is -0.396 e. The van der Waals surface area contributed by atoms with E-state index >= 15 is 0 Å². The summed E-state index contributed by atoms with van der Waals surface area (Å²) in [6.07, 6.45) is 6.24. The Morgan fingerprint density at radius 1 is 1.03 bits per heavy atom. The molecule has 39 heavy (non-hydrogen) atoms. The lowest BCUT2D eigenvalue weighted by Crippen LogP contribution is -2.14. The van der Waals surface area contributed by atoms with Crippen molar-refractivity contribution in [2.24, 2.45) is 0 Å². The second-order valence-electron chi connectivity index (χ2n) is 7.81. The molecule has 1 aromatic carbocycles. The maximum absolute atomic E-state index is 8.90. The zero-order valence-corrected chi connectivity index (χ0v) is 25.4. The highest BCUT2D eigenvalue weighted by Gasteiger charge is 2.17. The molecule has 0 aliphatic rings. The highest BCUT2D eigenvalue weighted by atomic mass is 16.5. The predicted molar refractivity (Wildman–Crippen MR) is 164 cm³/mol. The van der Waals surface area contributed by atoms with Crippen molar-refractivity contribution in [3.05, 3.63) is 84.0 Å². The van der Waals surface area contributed by atoms with E-state index in [0.29, 0.717) is 31.2 Å². The lowest BCUT2D eigenvalue weighted by Gasteiger charge is -2.10. The van der Waals surface area contributed by atoms with Gasteiger partial charge in [0.05, 0.1) is 6.54 Å². The van der Waals surface area contributed by atoms with E-state index in [1.165, 1.54) is 0 Å². The van der Waals surface area contributed by atoms with Crippen LogP contribution in [0.4, 0.5) is 0 Å². The number of nitrogens with zero attached hydrogens (tertiary/aromatic N) is 5. The summed E-state index contributed by atoms with van der Waals surface area (Å²) >= 11 is 0. The number of nitrogens with one attached hydrogen (secondary N) is 1. The Balaban J connectivity index is 0.00000225. The maximum atomic E-state index is 8.90. The van der Waals surface area contributed by atoms with Crippen LogP contribution in [0.3, 0.4) is 0 Å². The summed E-state index contributed by atoms with van der Waals surface area (Å²) in [6.45, 7) is 27.2. The Kier molecular flexibility index (Phi) is 18.3. The van der Waals surface area contributed by atoms with E-state index in [9.17, 15) is 0 Å². The third kappa shape index (κ3) is 11.7. The van der Waals surface area contributed by atoms with Crippen LogP contribution in [0.5, 0.6) is 0 Å². The van der Waals surface area contributed by atoms with Crippen LogP contribution < -0.4 is 5.32 Å². The largest absolute Gasteiger partial charge is 0.396 e. The summed E-state index contributed by atoms with van der Waals surface area (Å²) in [5, 5.41) is 20.7. The first-order valence-corrected chi connectivity index (χ1v) is 13.8. The Labute approximate surface area is 235 Å². The van der Waals surface area contributed by atoms with Gasteiger partial charge in [0, 0.05) is 24.4 Å². The molecule has 2 aromatic heterocycles. The van der Waals surface area contributed by atoms with Crippen molar-refractivity contribution in [2.45, 2.75) is 75.3 Å². The third-order valence-corrected chi connectivity index (χ3v) is 4.86. The van der Waals surface area contributed by atoms with Crippen molar-refractivity contribution >= 4 is 11.3 Å². The molecule has 2 N–H and O–H groups in total. The average Bonchev–Trinajstić information content (AvgIpc) is 3.60. The second-order valence-corrected chi connectivity index (χ2v) is 7.81. The van der Waals surface area contributed by atoms with Gasteiger partial charge in [0.1, 0.15) is 5.82 Å². The van der Waals surface area contributed by atoms with Gasteiger partial charge >= 0.3 is 0 Å². The number of aliphatic hydroxyl groups excluding tert-OH is 1. The molecule has 0 atom stereocenters. The normalized spacial score (nSPS) is 10.1. The van der Waals surface area contributed by atoms with E-state index in [4.69, 9.17) is 9.63 Å². The first-order chi connectivity index (χ1) is 18.9. The highest BCUT2D eigenvalue weighted by molar-refractivity contribution is 5.70. The maximum Gasteiger partial charge on any atom is 0.297 e. The summed E-state index contributed by atoms with van der Waals surface area (Å²) in [5.41, 5.74) is 4.83. The van der Waals surface area contributed by atoms with Crippen LogP contribution in [-0.2, 0) is 6.54 Å². The quantitative estimate of drug-likeness (QED) is 0.197. The van der Waals surface area contributed by atoms with Gasteiger partial charge in [-0.2, -0.15) is 4.98 Å². The monoisotopic (exact) mass is 536 g/mol. The number of hydrogen-bond donors (Lipinski definition) is 2. The van der Waals surface area contributed by atoms with Crippen LogP contribution in [0, 0.1) is 6.92 Å². The molecule has 0 aliphatic heterocycles. The summed E-state index contributed by atoms with van der Waals surface area (Å²) in [6, 6.07) is 8.09. The van der Waals surface area contributed by atoms with Gasteiger partial charge in [-0.1, -0.05) is 108 Å². The molecule has 0 spiro atoms. The van der Waals surface area contributed by atoms with Crippen molar-refractivity contribution in [3.8, 4) is 11.7 Å². The predicted octanol–water partition coefficient (Wildman–Crippen LogP) is 7.24. The van der Waals surface area contributed by atoms with Gasteiger partial charge in [0.15, 0.2) is 0 Å². The molecule has 3 rings (SSSR count). The number of allylic oxidation sites excluding steroid dienone is 5. The van der Waals surface area contributed by atoms with Gasteiger partial charge in [-0.25, -0.2) is 9.67 Å². The molecule has 214 valence electrons. The molecular weight excluding hydrogens is 488 g/mol. The number of benzene rings is 1. The smallest absolute Gasteiger partial charge is 0.297 e. The molecule has 0 bridgehead atoms. The molecule has 0 amide bonds. The van der Waals surface area contributed by atoms with Crippen molar-refractivity contribution in [3.63, 3.8) is 0 Å². The topological polar surface area (TPSA) is 102 Å². The number of aromatic nitrogens is 5. The fourth-order valence-electron chi connectivity index (χ4n) is 2.99. The summed E-state index contributed by atoms with van der Waals surface area (Å²) in [7, 11) is 0. The molecule has 8 heteroatoms. The molecule has 3 aromatic rings. The molecule has 0 saturated carbocycles. The zero-order chi connectivity index (χ0) is 29.8. The van der Waals surface area contributed by atoms with Crippen LogP contribution in [0.25, 0.3) is 23.0 Å². The first-order valence-electron chi connectivity index (χ1n) is 13.8. The summed E-state index contributed by atoms with van der Waals surface area (Å²) < 4.78 is 7.20. The Morgan fingerprint density at radius 3 is 2.23 bits per heavy atom. The van der Waals surface area contributed by atoms with E-state index in [1.807, 2.05) is 98.7 Å². The average molecular weight is 537 g/mol. The molecule has 0 saturated heterocycles. The van der Waals surface area contributed by atoms with E-state index < -0.39 is 0 Å². The molecule has 0 fully saturated rings. The van der Waals surface area contributed by atoms with E-state index in [-0.39, 0.29) is 12.5 Å². The fraction of sp³-hybridized carbons (Fsp3) is 0.419. The first kappa shape index (κ1) is 35.2. The molecule has 2 heterocycles. The van der Waals surface area contributed by atoms with Gasteiger partial charge in [0.25, 0.3) is 5.89 Å². The molecule has 8 nitrogen and oxygen atoms in total. The second kappa shape index (κ2) is 20.2. The Bertz CT molecular complexity index is 1170. The van der Waals surface area contributed by atoms with Crippen LogP contribution >= 0.6 is 0 Å². The minimum absolute atomic E-state index is 0.158. The standard InChI is InChI=1S/C25H30N6O2.3C2H6/c1-6-21(11-8-17(2)3)23-28-25(33-30-23)24-27-19(5)31(29-24)16-20-9-12-22(13-10-20)18(4)26-14-7-15-32;3*1-2/h6,8-13,26,32H,1,4,7,14-16H2,2-3,5H3;3*1-2H3/b21-11+;;;. The number of aryl methyl sites for hydroxylation is 1. The number of rotatable bonds is 11. The van der Waals surface area contributed by atoms with Crippen LogP contribution in [-0.4, -0.2) is 43.2 Å². The third-order valence-electron chi connectivity index (χ3n) is 4.86. The van der Waals surface area contributed by atoms with Gasteiger partial charge in [-0.3, -0.25) is 0 Å². The molecule has 0 aliphatic carbocycles.